The Hall–Kier alpha value is -4.00. The van der Waals surface area contributed by atoms with Crippen molar-refractivity contribution < 1.29 is 14.3 Å². The molecule has 2 aromatic carbocycles. The highest BCUT2D eigenvalue weighted by molar-refractivity contribution is 5.94. The van der Waals surface area contributed by atoms with Gasteiger partial charge < -0.3 is 10.4 Å². The Bertz CT molecular complexity index is 1350. The summed E-state index contributed by atoms with van der Waals surface area (Å²) in [5.41, 5.74) is 3.49. The van der Waals surface area contributed by atoms with E-state index in [1.807, 2.05) is 19.9 Å². The molecule has 0 saturated heterocycles. The van der Waals surface area contributed by atoms with Gasteiger partial charge in [-0.25, -0.2) is 14.2 Å². The van der Waals surface area contributed by atoms with Crippen LogP contribution in [0.1, 0.15) is 34.5 Å². The van der Waals surface area contributed by atoms with Gasteiger partial charge >= 0.3 is 5.97 Å². The number of carboxylic acid groups (broad SMARTS) is 1. The maximum Gasteiger partial charge on any atom is 0.337 e. The minimum Gasteiger partial charge on any atom is -0.478 e. The number of fused-ring (bicyclic) bond motifs is 1. The van der Waals surface area contributed by atoms with Crippen LogP contribution < -0.4 is 10.9 Å². The van der Waals surface area contributed by atoms with Gasteiger partial charge in [-0.1, -0.05) is 12.1 Å². The maximum atomic E-state index is 13.3. The fourth-order valence-corrected chi connectivity index (χ4v) is 3.56. The van der Waals surface area contributed by atoms with Crippen LogP contribution in [0.5, 0.6) is 0 Å². The molecule has 0 amide bonds. The number of carboxylic acids is 1. The normalized spacial score (nSPS) is 12.0. The highest BCUT2D eigenvalue weighted by Crippen LogP contribution is 2.26. The second-order valence-electron chi connectivity index (χ2n) is 7.37. The minimum atomic E-state index is -1.03. The highest BCUT2D eigenvalue weighted by Gasteiger charge is 2.17. The largest absolute Gasteiger partial charge is 0.478 e. The average molecular weight is 417 g/mol. The Morgan fingerprint density at radius 3 is 2.55 bits per heavy atom. The van der Waals surface area contributed by atoms with Crippen LogP contribution in [0.3, 0.4) is 0 Å². The summed E-state index contributed by atoms with van der Waals surface area (Å²) in [6.45, 7) is 3.76. The summed E-state index contributed by atoms with van der Waals surface area (Å²) in [4.78, 5) is 29.1. The molecule has 1 atom stereocenters. The molecule has 0 saturated carbocycles. The number of nitrogens with one attached hydrogen (secondary N) is 1. The van der Waals surface area contributed by atoms with Gasteiger partial charge in [-0.2, -0.15) is 0 Å². The Morgan fingerprint density at radius 2 is 1.84 bits per heavy atom. The van der Waals surface area contributed by atoms with Crippen molar-refractivity contribution in [1.29, 1.82) is 0 Å². The van der Waals surface area contributed by atoms with Crippen molar-refractivity contribution in [3.05, 3.63) is 99.7 Å². The van der Waals surface area contributed by atoms with Crippen molar-refractivity contribution in [2.24, 2.45) is 0 Å². The monoisotopic (exact) mass is 417 g/mol. The van der Waals surface area contributed by atoms with Crippen molar-refractivity contribution in [2.45, 2.75) is 19.9 Å². The number of aromatic nitrogens is 2. The van der Waals surface area contributed by atoms with Crippen LogP contribution in [0.2, 0.25) is 0 Å². The fourth-order valence-electron chi connectivity index (χ4n) is 3.56. The molecule has 0 bridgehead atoms. The first kappa shape index (κ1) is 20.3. The molecule has 2 aromatic heterocycles. The third kappa shape index (κ3) is 4.02. The van der Waals surface area contributed by atoms with Crippen LogP contribution in [0.15, 0.2) is 71.7 Å². The maximum absolute atomic E-state index is 13.3. The van der Waals surface area contributed by atoms with E-state index in [0.717, 1.165) is 11.1 Å². The molecule has 0 aliphatic carbocycles. The number of carbonyl (C=O) groups is 1. The van der Waals surface area contributed by atoms with Crippen molar-refractivity contribution >= 4 is 17.3 Å². The van der Waals surface area contributed by atoms with Crippen molar-refractivity contribution in [3.63, 3.8) is 0 Å². The lowest BCUT2D eigenvalue weighted by Crippen LogP contribution is -2.19. The van der Waals surface area contributed by atoms with Crippen LogP contribution in [-0.4, -0.2) is 20.5 Å². The molecule has 0 spiro atoms. The number of aryl methyl sites for hydroxylation is 1. The number of hydrogen-bond donors (Lipinski definition) is 2. The number of anilines is 1. The van der Waals surface area contributed by atoms with Crippen molar-refractivity contribution in [2.75, 3.05) is 5.32 Å². The molecular weight excluding hydrogens is 397 g/mol. The second kappa shape index (κ2) is 8.02. The topological polar surface area (TPSA) is 83.7 Å². The lowest BCUT2D eigenvalue weighted by Gasteiger charge is -2.20. The van der Waals surface area contributed by atoms with Gasteiger partial charge in [0.25, 0.3) is 5.56 Å². The van der Waals surface area contributed by atoms with E-state index < -0.39 is 5.97 Å². The summed E-state index contributed by atoms with van der Waals surface area (Å²) in [7, 11) is 0. The van der Waals surface area contributed by atoms with Gasteiger partial charge in [-0.3, -0.25) is 9.20 Å². The lowest BCUT2D eigenvalue weighted by molar-refractivity contribution is 0.0698. The molecule has 156 valence electrons. The number of hydrogen-bond acceptors (Lipinski definition) is 4. The number of benzene rings is 2. The van der Waals surface area contributed by atoms with Crippen LogP contribution >= 0.6 is 0 Å². The SMILES string of the molecule is Cc1cc([C@@H](C)Nc2ccccc2C(=O)O)c2nc(-c3ccc(F)cc3)cc(=O)n2c1. The molecule has 4 aromatic rings. The Kier molecular flexibility index (Phi) is 5.25. The predicted molar refractivity (Wildman–Crippen MR) is 117 cm³/mol. The zero-order valence-electron chi connectivity index (χ0n) is 17.0. The van der Waals surface area contributed by atoms with Crippen molar-refractivity contribution in [1.82, 2.24) is 9.38 Å². The summed E-state index contributed by atoms with van der Waals surface area (Å²) in [6.07, 6.45) is 1.71. The van der Waals surface area contributed by atoms with Gasteiger partial charge in [0.1, 0.15) is 11.5 Å². The van der Waals surface area contributed by atoms with Gasteiger partial charge in [-0.05, 0) is 61.9 Å². The molecule has 0 aliphatic heterocycles. The lowest BCUT2D eigenvalue weighted by atomic mass is 10.1. The highest BCUT2D eigenvalue weighted by atomic mass is 19.1. The van der Waals surface area contributed by atoms with Gasteiger partial charge in [-0.15, -0.1) is 0 Å². The molecule has 0 unspecified atom stereocenters. The molecule has 6 nitrogen and oxygen atoms in total. The van der Waals surface area contributed by atoms with Gasteiger partial charge in [0.2, 0.25) is 0 Å². The van der Waals surface area contributed by atoms with E-state index >= 15 is 0 Å². The summed E-state index contributed by atoms with van der Waals surface area (Å²) in [5.74, 6) is -1.40. The van der Waals surface area contributed by atoms with Gasteiger partial charge in [0.05, 0.1) is 17.3 Å². The number of rotatable bonds is 5. The Labute approximate surface area is 177 Å². The molecule has 7 heteroatoms. The Balaban J connectivity index is 1.84. The van der Waals surface area contributed by atoms with Crippen LogP contribution in [0.4, 0.5) is 10.1 Å². The van der Waals surface area contributed by atoms with Crippen LogP contribution in [-0.2, 0) is 0 Å². The van der Waals surface area contributed by atoms with Gasteiger partial charge in [0, 0.05) is 29.1 Å². The van der Waals surface area contributed by atoms with E-state index in [9.17, 15) is 19.1 Å². The summed E-state index contributed by atoms with van der Waals surface area (Å²) >= 11 is 0. The molecule has 31 heavy (non-hydrogen) atoms. The van der Waals surface area contributed by atoms with E-state index in [0.29, 0.717) is 22.6 Å². The summed E-state index contributed by atoms with van der Waals surface area (Å²) in [5, 5.41) is 12.7. The third-order valence-corrected chi connectivity index (χ3v) is 5.06. The third-order valence-electron chi connectivity index (χ3n) is 5.06. The zero-order chi connectivity index (χ0) is 22.1. The van der Waals surface area contributed by atoms with E-state index in [1.54, 1.807) is 36.5 Å². The zero-order valence-corrected chi connectivity index (χ0v) is 17.0. The van der Waals surface area contributed by atoms with Crippen molar-refractivity contribution in [3.8, 4) is 11.3 Å². The first-order valence-electron chi connectivity index (χ1n) is 9.72. The van der Waals surface area contributed by atoms with E-state index in [4.69, 9.17) is 0 Å². The van der Waals surface area contributed by atoms with Crippen LogP contribution in [0, 0.1) is 12.7 Å². The smallest absolute Gasteiger partial charge is 0.337 e. The van der Waals surface area contributed by atoms with E-state index in [-0.39, 0.29) is 23.0 Å². The number of pyridine rings is 1. The van der Waals surface area contributed by atoms with Crippen LogP contribution in [0.25, 0.3) is 16.9 Å². The molecular formula is C24H20FN3O3. The number of para-hydroxylation sites is 1. The summed E-state index contributed by atoms with van der Waals surface area (Å²) in [6, 6.07) is 15.4. The minimum absolute atomic E-state index is 0.156. The first-order chi connectivity index (χ1) is 14.8. The fraction of sp³-hybridized carbons (Fsp3) is 0.125. The molecule has 0 radical (unpaired) electrons. The Morgan fingerprint density at radius 1 is 1.13 bits per heavy atom. The molecule has 2 heterocycles. The number of halogens is 1. The second-order valence-corrected chi connectivity index (χ2v) is 7.37. The van der Waals surface area contributed by atoms with Gasteiger partial charge in [0.15, 0.2) is 0 Å². The standard InChI is InChI=1S/C24H20FN3O3/c1-14-11-19(15(2)26-20-6-4-3-5-18(20)24(30)31)23-27-21(12-22(29)28(23)13-14)16-7-9-17(25)10-8-16/h3-13,15,26H,1-2H3,(H,30,31)/t15-/m1/s1. The van der Waals surface area contributed by atoms with E-state index in [2.05, 4.69) is 10.3 Å². The molecule has 4 rings (SSSR count). The molecule has 0 aliphatic rings. The first-order valence-corrected chi connectivity index (χ1v) is 9.72. The number of aromatic carboxylic acids is 1. The van der Waals surface area contributed by atoms with E-state index in [1.165, 1.54) is 28.7 Å². The average Bonchev–Trinajstić information content (AvgIpc) is 2.74. The predicted octanol–water partition coefficient (Wildman–Crippen LogP) is 4.68. The summed E-state index contributed by atoms with van der Waals surface area (Å²) < 4.78 is 14.8. The quantitative estimate of drug-likeness (QED) is 0.493. The molecule has 2 N–H and O–H groups in total. The molecule has 0 fully saturated rings. The number of nitrogens with zero attached hydrogens (tertiary/aromatic N) is 2.